The summed E-state index contributed by atoms with van der Waals surface area (Å²) < 4.78 is 10.7. The van der Waals surface area contributed by atoms with Gasteiger partial charge >= 0.3 is 0 Å². The highest BCUT2D eigenvalue weighted by atomic mass is 35.5. The van der Waals surface area contributed by atoms with Crippen LogP contribution in [0.5, 0.6) is 11.5 Å². The highest BCUT2D eigenvalue weighted by Gasteiger charge is 2.33. The van der Waals surface area contributed by atoms with Crippen LogP contribution in [-0.2, 0) is 4.79 Å². The van der Waals surface area contributed by atoms with Gasteiger partial charge in [0.05, 0.1) is 18.2 Å². The number of nitrogens with one attached hydrogen (secondary N) is 1. The van der Waals surface area contributed by atoms with E-state index < -0.39 is 0 Å². The number of hydrogen-bond acceptors (Lipinski definition) is 3. The number of carbonyl (C=O) groups excluding carboxylic acids is 1. The van der Waals surface area contributed by atoms with Gasteiger partial charge in [0.2, 0.25) is 0 Å². The Morgan fingerprint density at radius 1 is 1.21 bits per heavy atom. The lowest BCUT2D eigenvalue weighted by Crippen LogP contribution is -2.33. The minimum atomic E-state index is -0.150. The summed E-state index contributed by atoms with van der Waals surface area (Å²) in [6.07, 6.45) is 2.25. The molecular formula is C19H20ClNO3. The summed E-state index contributed by atoms with van der Waals surface area (Å²) in [5, 5.41) is 3.57. The number of amides is 1. The summed E-state index contributed by atoms with van der Waals surface area (Å²) in [5.41, 5.74) is 1.09. The molecule has 0 spiro atoms. The summed E-state index contributed by atoms with van der Waals surface area (Å²) in [6.45, 7) is -0.0525. The predicted octanol–water partition coefficient (Wildman–Crippen LogP) is 3.99. The number of hydrogen-bond donors (Lipinski definition) is 1. The van der Waals surface area contributed by atoms with Crippen molar-refractivity contribution in [2.45, 2.75) is 18.9 Å². The fraction of sp³-hybridized carbons (Fsp3) is 0.316. The Bertz CT molecular complexity index is 698. The van der Waals surface area contributed by atoms with Gasteiger partial charge in [-0.1, -0.05) is 35.9 Å². The molecule has 3 rings (SSSR count). The van der Waals surface area contributed by atoms with Crippen LogP contribution in [0.4, 0.5) is 0 Å². The molecule has 24 heavy (non-hydrogen) atoms. The van der Waals surface area contributed by atoms with Crippen LogP contribution in [0.3, 0.4) is 0 Å². The third-order valence-electron chi connectivity index (χ3n) is 4.08. The number of rotatable bonds is 7. The highest BCUT2D eigenvalue weighted by Crippen LogP contribution is 2.41. The molecule has 0 radical (unpaired) electrons. The molecular weight excluding hydrogens is 326 g/mol. The largest absolute Gasteiger partial charge is 0.497 e. The van der Waals surface area contributed by atoms with Crippen molar-refractivity contribution in [2.75, 3.05) is 13.7 Å². The average Bonchev–Trinajstić information content (AvgIpc) is 3.44. The second-order valence-electron chi connectivity index (χ2n) is 5.87. The van der Waals surface area contributed by atoms with E-state index in [0.29, 0.717) is 16.7 Å². The van der Waals surface area contributed by atoms with Crippen LogP contribution in [0.25, 0.3) is 0 Å². The van der Waals surface area contributed by atoms with Crippen molar-refractivity contribution < 1.29 is 14.3 Å². The predicted molar refractivity (Wildman–Crippen MR) is 93.5 cm³/mol. The Hall–Kier alpha value is -2.20. The van der Waals surface area contributed by atoms with Crippen molar-refractivity contribution in [1.82, 2.24) is 5.32 Å². The van der Waals surface area contributed by atoms with E-state index in [1.807, 2.05) is 36.4 Å². The van der Waals surface area contributed by atoms with E-state index in [0.717, 1.165) is 24.2 Å². The first-order valence-corrected chi connectivity index (χ1v) is 8.36. The normalized spacial score (nSPS) is 14.8. The number of methoxy groups -OCH3 is 1. The lowest BCUT2D eigenvalue weighted by molar-refractivity contribution is -0.124. The zero-order valence-corrected chi connectivity index (χ0v) is 14.3. The van der Waals surface area contributed by atoms with E-state index in [4.69, 9.17) is 21.1 Å². The minimum Gasteiger partial charge on any atom is -0.497 e. The molecule has 1 unspecified atom stereocenters. The van der Waals surface area contributed by atoms with Crippen molar-refractivity contribution in [2.24, 2.45) is 5.92 Å². The monoisotopic (exact) mass is 345 g/mol. The van der Waals surface area contributed by atoms with E-state index in [1.165, 1.54) is 0 Å². The third kappa shape index (κ3) is 4.20. The van der Waals surface area contributed by atoms with Crippen molar-refractivity contribution >= 4 is 17.5 Å². The maximum atomic E-state index is 12.3. The maximum Gasteiger partial charge on any atom is 0.258 e. The maximum absolute atomic E-state index is 12.3. The van der Waals surface area contributed by atoms with Crippen LogP contribution in [-0.4, -0.2) is 19.6 Å². The summed E-state index contributed by atoms with van der Waals surface area (Å²) >= 11 is 6.03. The van der Waals surface area contributed by atoms with Gasteiger partial charge in [0.25, 0.3) is 5.91 Å². The molecule has 1 saturated carbocycles. The molecule has 0 aromatic heterocycles. The van der Waals surface area contributed by atoms with Crippen LogP contribution in [0.1, 0.15) is 24.4 Å². The Labute approximate surface area is 146 Å². The second-order valence-corrected chi connectivity index (χ2v) is 6.28. The van der Waals surface area contributed by atoms with E-state index in [2.05, 4.69) is 5.32 Å². The van der Waals surface area contributed by atoms with Gasteiger partial charge in [-0.25, -0.2) is 0 Å². The first-order chi connectivity index (χ1) is 11.7. The van der Waals surface area contributed by atoms with Crippen molar-refractivity contribution in [3.05, 3.63) is 59.1 Å². The zero-order chi connectivity index (χ0) is 16.9. The second kappa shape index (κ2) is 7.58. The summed E-state index contributed by atoms with van der Waals surface area (Å²) in [5.74, 6) is 1.66. The van der Waals surface area contributed by atoms with Crippen LogP contribution < -0.4 is 14.8 Å². The van der Waals surface area contributed by atoms with E-state index in [9.17, 15) is 4.79 Å². The average molecular weight is 346 g/mol. The minimum absolute atomic E-state index is 0.0123. The highest BCUT2D eigenvalue weighted by molar-refractivity contribution is 6.32. The molecule has 2 aromatic rings. The number of carbonyl (C=O) groups is 1. The van der Waals surface area contributed by atoms with Gasteiger partial charge < -0.3 is 14.8 Å². The quantitative estimate of drug-likeness (QED) is 0.825. The van der Waals surface area contributed by atoms with Crippen molar-refractivity contribution in [3.63, 3.8) is 0 Å². The van der Waals surface area contributed by atoms with E-state index in [-0.39, 0.29) is 18.6 Å². The van der Waals surface area contributed by atoms with Crippen LogP contribution >= 0.6 is 11.6 Å². The first-order valence-electron chi connectivity index (χ1n) is 7.98. The molecule has 0 heterocycles. The van der Waals surface area contributed by atoms with Gasteiger partial charge in [-0.05, 0) is 48.6 Å². The Kier molecular flexibility index (Phi) is 5.26. The summed E-state index contributed by atoms with van der Waals surface area (Å²) in [6, 6.07) is 15.0. The molecule has 0 aliphatic heterocycles. The van der Waals surface area contributed by atoms with Gasteiger partial charge in [-0.2, -0.15) is 0 Å². The molecule has 2 aromatic carbocycles. The summed E-state index contributed by atoms with van der Waals surface area (Å²) in [4.78, 5) is 12.3. The van der Waals surface area contributed by atoms with Crippen LogP contribution in [0.15, 0.2) is 48.5 Å². The lowest BCUT2D eigenvalue weighted by atomic mass is 10.0. The number of ether oxygens (including phenoxy) is 2. The Morgan fingerprint density at radius 3 is 2.54 bits per heavy atom. The van der Waals surface area contributed by atoms with Crippen LogP contribution in [0.2, 0.25) is 5.02 Å². The van der Waals surface area contributed by atoms with Gasteiger partial charge in [-0.3, -0.25) is 4.79 Å². The topological polar surface area (TPSA) is 47.6 Å². The summed E-state index contributed by atoms with van der Waals surface area (Å²) in [7, 11) is 1.64. The van der Waals surface area contributed by atoms with Gasteiger partial charge in [-0.15, -0.1) is 0 Å². The molecule has 1 fully saturated rings. The smallest absolute Gasteiger partial charge is 0.258 e. The molecule has 1 atom stereocenters. The van der Waals surface area contributed by atoms with E-state index >= 15 is 0 Å². The molecule has 5 heteroatoms. The zero-order valence-electron chi connectivity index (χ0n) is 13.5. The molecule has 126 valence electrons. The molecule has 1 aliphatic rings. The van der Waals surface area contributed by atoms with Crippen molar-refractivity contribution in [1.29, 1.82) is 0 Å². The molecule has 0 saturated heterocycles. The van der Waals surface area contributed by atoms with Gasteiger partial charge in [0.1, 0.15) is 11.5 Å². The molecule has 1 N–H and O–H groups in total. The number of para-hydroxylation sites is 1. The standard InChI is InChI=1S/C19H20ClNO3/c1-23-15-10-8-14(9-11-15)19(13-6-7-13)21-18(22)12-24-17-5-3-2-4-16(17)20/h2-5,8-11,13,19H,6-7,12H2,1H3,(H,21,22). The Balaban J connectivity index is 1.61. The lowest BCUT2D eigenvalue weighted by Gasteiger charge is -2.19. The molecule has 4 nitrogen and oxygen atoms in total. The number of halogens is 1. The number of benzene rings is 2. The molecule has 1 aliphatic carbocycles. The first kappa shape index (κ1) is 16.7. The molecule has 0 bridgehead atoms. The van der Waals surface area contributed by atoms with Gasteiger partial charge in [0, 0.05) is 0 Å². The third-order valence-corrected chi connectivity index (χ3v) is 4.39. The Morgan fingerprint density at radius 2 is 1.92 bits per heavy atom. The molecule has 1 amide bonds. The van der Waals surface area contributed by atoms with Crippen molar-refractivity contribution in [3.8, 4) is 11.5 Å². The fourth-order valence-corrected chi connectivity index (χ4v) is 2.82. The fourth-order valence-electron chi connectivity index (χ4n) is 2.63. The van der Waals surface area contributed by atoms with Gasteiger partial charge in [0.15, 0.2) is 6.61 Å². The SMILES string of the molecule is COc1ccc(C(NC(=O)COc2ccccc2Cl)C2CC2)cc1. The van der Waals surface area contributed by atoms with E-state index in [1.54, 1.807) is 19.2 Å². The van der Waals surface area contributed by atoms with Crippen LogP contribution in [0, 0.1) is 5.92 Å².